The van der Waals surface area contributed by atoms with E-state index in [1.54, 1.807) is 6.92 Å². The van der Waals surface area contributed by atoms with Gasteiger partial charge in [0.15, 0.2) is 0 Å². The van der Waals surface area contributed by atoms with E-state index >= 15 is 0 Å². The molecule has 1 aliphatic rings. The van der Waals surface area contributed by atoms with Crippen molar-refractivity contribution in [3.8, 4) is 0 Å². The van der Waals surface area contributed by atoms with Gasteiger partial charge in [-0.2, -0.15) is 0 Å². The molecule has 1 fully saturated rings. The molecule has 5 nitrogen and oxygen atoms in total. The standard InChI is InChI=1S/C11H15BrClN3O.C2H6O/c1-6-9(13)8(12)10(15-6)11(17)16-7-2-4-14-5-3-7;1-2-3/h7,14-15H,2-5H2,1H3,(H,16,17);3H,2H2,1H3. The number of hydrogen-bond donors (Lipinski definition) is 4. The number of piperidine rings is 1. The van der Waals surface area contributed by atoms with Crippen molar-refractivity contribution in [2.24, 2.45) is 0 Å². The van der Waals surface area contributed by atoms with E-state index < -0.39 is 0 Å². The summed E-state index contributed by atoms with van der Waals surface area (Å²) in [5.74, 6) is -0.0984. The Morgan fingerprint density at radius 2 is 2.05 bits per heavy atom. The van der Waals surface area contributed by atoms with Crippen molar-refractivity contribution in [3.63, 3.8) is 0 Å². The quantitative estimate of drug-likeness (QED) is 0.648. The molecule has 1 aliphatic heterocycles. The molecular formula is C13H21BrClN3O2. The zero-order chi connectivity index (χ0) is 15.1. The van der Waals surface area contributed by atoms with Crippen molar-refractivity contribution < 1.29 is 9.90 Å². The number of rotatable bonds is 2. The van der Waals surface area contributed by atoms with Crippen molar-refractivity contribution in [3.05, 3.63) is 20.9 Å². The van der Waals surface area contributed by atoms with Crippen LogP contribution in [0.25, 0.3) is 0 Å². The van der Waals surface area contributed by atoms with Crippen LogP contribution in [-0.4, -0.2) is 41.7 Å². The molecule has 0 bridgehead atoms. The van der Waals surface area contributed by atoms with Crippen LogP contribution in [0, 0.1) is 6.92 Å². The lowest BCUT2D eigenvalue weighted by atomic mass is 10.1. The highest BCUT2D eigenvalue weighted by Crippen LogP contribution is 2.29. The van der Waals surface area contributed by atoms with Crippen LogP contribution in [-0.2, 0) is 0 Å². The summed E-state index contributed by atoms with van der Waals surface area (Å²) in [5.41, 5.74) is 1.31. The van der Waals surface area contributed by atoms with Crippen LogP contribution in [0.15, 0.2) is 4.47 Å². The second-order valence-corrected chi connectivity index (χ2v) is 5.74. The van der Waals surface area contributed by atoms with Crippen LogP contribution in [0.1, 0.15) is 35.9 Å². The van der Waals surface area contributed by atoms with Gasteiger partial charge in [-0.1, -0.05) is 11.6 Å². The maximum absolute atomic E-state index is 12.0. The Morgan fingerprint density at radius 3 is 2.50 bits per heavy atom. The first kappa shape index (κ1) is 17.5. The fourth-order valence-corrected chi connectivity index (χ4v) is 2.67. The summed E-state index contributed by atoms with van der Waals surface area (Å²) in [6.45, 7) is 5.68. The highest BCUT2D eigenvalue weighted by Gasteiger charge is 2.21. The molecule has 1 amide bonds. The van der Waals surface area contributed by atoms with E-state index in [0.29, 0.717) is 15.2 Å². The maximum Gasteiger partial charge on any atom is 0.269 e. The lowest BCUT2D eigenvalue weighted by molar-refractivity contribution is 0.0924. The SMILES string of the molecule is CCO.Cc1[nH]c(C(=O)NC2CCNCC2)c(Br)c1Cl. The van der Waals surface area contributed by atoms with Gasteiger partial charge in [-0.15, -0.1) is 0 Å². The van der Waals surface area contributed by atoms with Gasteiger partial charge in [0.2, 0.25) is 0 Å². The Bertz CT molecular complexity index is 445. The molecule has 114 valence electrons. The zero-order valence-electron chi connectivity index (χ0n) is 11.7. The summed E-state index contributed by atoms with van der Waals surface area (Å²) in [5, 5.41) is 14.4. The van der Waals surface area contributed by atoms with Crippen molar-refractivity contribution in [2.45, 2.75) is 32.7 Å². The maximum atomic E-state index is 12.0. The smallest absolute Gasteiger partial charge is 0.269 e. The number of nitrogens with one attached hydrogen (secondary N) is 3. The predicted molar refractivity (Wildman–Crippen MR) is 84.4 cm³/mol. The van der Waals surface area contributed by atoms with E-state index in [4.69, 9.17) is 16.7 Å². The highest BCUT2D eigenvalue weighted by molar-refractivity contribution is 9.10. The minimum Gasteiger partial charge on any atom is -0.397 e. The topological polar surface area (TPSA) is 77.1 Å². The van der Waals surface area contributed by atoms with Gasteiger partial charge in [0.1, 0.15) is 5.69 Å². The van der Waals surface area contributed by atoms with Gasteiger partial charge in [-0.25, -0.2) is 0 Å². The van der Waals surface area contributed by atoms with Gasteiger partial charge >= 0.3 is 0 Å². The van der Waals surface area contributed by atoms with E-state index in [9.17, 15) is 4.79 Å². The first-order chi connectivity index (χ1) is 9.51. The summed E-state index contributed by atoms with van der Waals surface area (Å²) in [6, 6.07) is 0.248. The first-order valence-electron chi connectivity index (χ1n) is 6.67. The lowest BCUT2D eigenvalue weighted by Crippen LogP contribution is -2.42. The molecule has 0 radical (unpaired) electrons. The number of aliphatic hydroxyl groups is 1. The van der Waals surface area contributed by atoms with E-state index in [1.807, 2.05) is 6.92 Å². The number of aliphatic hydroxyl groups excluding tert-OH is 1. The number of halogens is 2. The summed E-state index contributed by atoms with van der Waals surface area (Å²) < 4.78 is 0.642. The van der Waals surface area contributed by atoms with Gasteiger partial charge in [-0.05, 0) is 55.7 Å². The normalized spacial score (nSPS) is 15.4. The Hall–Kier alpha value is -0.560. The molecule has 4 N–H and O–H groups in total. The van der Waals surface area contributed by atoms with Crippen LogP contribution in [0.2, 0.25) is 5.02 Å². The van der Waals surface area contributed by atoms with Crippen LogP contribution in [0.4, 0.5) is 0 Å². The summed E-state index contributed by atoms with van der Waals surface area (Å²) >= 11 is 9.35. The predicted octanol–water partition coefficient (Wildman–Crippen LogP) is 2.22. The number of aromatic nitrogens is 1. The average molecular weight is 367 g/mol. The molecule has 1 aromatic rings. The number of carbonyl (C=O) groups is 1. The van der Waals surface area contributed by atoms with E-state index in [0.717, 1.165) is 31.6 Å². The Kier molecular flexibility index (Phi) is 7.58. The molecular weight excluding hydrogens is 346 g/mol. The Balaban J connectivity index is 0.000000612. The first-order valence-corrected chi connectivity index (χ1v) is 7.84. The zero-order valence-corrected chi connectivity index (χ0v) is 14.1. The molecule has 1 saturated heterocycles. The third kappa shape index (κ3) is 4.77. The third-order valence-corrected chi connectivity index (χ3v) is 4.45. The van der Waals surface area contributed by atoms with Crippen molar-refractivity contribution >= 4 is 33.4 Å². The molecule has 7 heteroatoms. The van der Waals surface area contributed by atoms with Crippen molar-refractivity contribution in [2.75, 3.05) is 19.7 Å². The third-order valence-electron chi connectivity index (χ3n) is 2.96. The molecule has 20 heavy (non-hydrogen) atoms. The van der Waals surface area contributed by atoms with Crippen LogP contribution < -0.4 is 10.6 Å². The minimum absolute atomic E-state index is 0.0984. The number of aromatic amines is 1. The second-order valence-electron chi connectivity index (χ2n) is 4.57. The van der Waals surface area contributed by atoms with Crippen LogP contribution >= 0.6 is 27.5 Å². The highest BCUT2D eigenvalue weighted by atomic mass is 79.9. The van der Waals surface area contributed by atoms with Gasteiger partial charge in [0.25, 0.3) is 5.91 Å². The Morgan fingerprint density at radius 1 is 1.50 bits per heavy atom. The fraction of sp³-hybridized carbons (Fsp3) is 0.615. The van der Waals surface area contributed by atoms with Gasteiger partial charge in [0.05, 0.1) is 9.50 Å². The van der Waals surface area contributed by atoms with Crippen LogP contribution in [0.5, 0.6) is 0 Å². The van der Waals surface area contributed by atoms with Gasteiger partial charge < -0.3 is 20.7 Å². The largest absolute Gasteiger partial charge is 0.397 e. The summed E-state index contributed by atoms with van der Waals surface area (Å²) in [4.78, 5) is 15.0. The molecule has 0 atom stereocenters. The van der Waals surface area contributed by atoms with E-state index in [2.05, 4.69) is 31.5 Å². The molecule has 2 heterocycles. The number of hydrogen-bond acceptors (Lipinski definition) is 3. The monoisotopic (exact) mass is 365 g/mol. The number of amides is 1. The number of carbonyl (C=O) groups excluding carboxylic acids is 1. The van der Waals surface area contributed by atoms with E-state index in [1.165, 1.54) is 0 Å². The molecule has 0 spiro atoms. The molecule has 0 aliphatic carbocycles. The molecule has 1 aromatic heterocycles. The van der Waals surface area contributed by atoms with Gasteiger partial charge in [0, 0.05) is 18.3 Å². The number of aryl methyl sites for hydroxylation is 1. The van der Waals surface area contributed by atoms with Crippen molar-refractivity contribution in [1.29, 1.82) is 0 Å². The summed E-state index contributed by atoms with van der Waals surface area (Å²) in [6.07, 6.45) is 1.94. The fourth-order valence-electron chi connectivity index (χ4n) is 1.95. The van der Waals surface area contributed by atoms with Gasteiger partial charge in [-0.3, -0.25) is 4.79 Å². The van der Waals surface area contributed by atoms with Crippen LogP contribution in [0.3, 0.4) is 0 Å². The molecule has 0 aromatic carbocycles. The van der Waals surface area contributed by atoms with Crippen molar-refractivity contribution in [1.82, 2.24) is 15.6 Å². The average Bonchev–Trinajstić information content (AvgIpc) is 2.69. The molecule has 0 unspecified atom stereocenters. The lowest BCUT2D eigenvalue weighted by Gasteiger charge is -2.23. The Labute approximate surface area is 132 Å². The summed E-state index contributed by atoms with van der Waals surface area (Å²) in [7, 11) is 0. The molecule has 0 saturated carbocycles. The molecule has 2 rings (SSSR count). The second kappa shape index (κ2) is 8.67. The van der Waals surface area contributed by atoms with E-state index in [-0.39, 0.29) is 18.6 Å². The minimum atomic E-state index is -0.0984. The number of H-pyrrole nitrogens is 1.